The van der Waals surface area contributed by atoms with Gasteiger partial charge < -0.3 is 4.74 Å². The summed E-state index contributed by atoms with van der Waals surface area (Å²) < 4.78 is 20.3. The van der Waals surface area contributed by atoms with E-state index in [1.165, 1.54) is 6.07 Å². The molecule has 156 valence electrons. The summed E-state index contributed by atoms with van der Waals surface area (Å²) in [6, 6.07) is 6.37. The summed E-state index contributed by atoms with van der Waals surface area (Å²) in [4.78, 5) is 30.8. The topological polar surface area (TPSA) is 55.7 Å². The monoisotopic (exact) mass is 417 g/mol. The molecule has 0 saturated heterocycles. The molecule has 1 aliphatic heterocycles. The Morgan fingerprint density at radius 3 is 2.72 bits per heavy atom. The van der Waals surface area contributed by atoms with Gasteiger partial charge in [-0.05, 0) is 36.1 Å². The normalized spacial score (nSPS) is 23.5. The highest BCUT2D eigenvalue weighted by molar-refractivity contribution is 7.99. The molecule has 0 aromatic heterocycles. The largest absolute Gasteiger partial charge is 0.464 e. The Kier molecular flexibility index (Phi) is 6.62. The van der Waals surface area contributed by atoms with Gasteiger partial charge in [-0.2, -0.15) is 11.8 Å². The third kappa shape index (κ3) is 4.63. The third-order valence-corrected chi connectivity index (χ3v) is 6.34. The molecule has 0 radical (unpaired) electrons. The van der Waals surface area contributed by atoms with Gasteiger partial charge in [0, 0.05) is 35.1 Å². The van der Waals surface area contributed by atoms with E-state index in [2.05, 4.69) is 4.99 Å². The van der Waals surface area contributed by atoms with Gasteiger partial charge >= 0.3 is 5.97 Å². The number of ketones is 1. The van der Waals surface area contributed by atoms with E-state index in [9.17, 15) is 14.0 Å². The molecule has 0 saturated carbocycles. The predicted octanol–water partition coefficient (Wildman–Crippen LogP) is 4.94. The fourth-order valence-corrected chi connectivity index (χ4v) is 4.74. The first kappa shape index (κ1) is 21.8. The number of carbonyl (C=O) groups excluding carboxylic acids is 2. The van der Waals surface area contributed by atoms with E-state index in [0.717, 1.165) is 5.75 Å². The number of thioether (sulfide) groups is 1. The minimum absolute atomic E-state index is 0.0555. The maximum atomic E-state index is 14.8. The van der Waals surface area contributed by atoms with Crippen molar-refractivity contribution in [3.63, 3.8) is 0 Å². The van der Waals surface area contributed by atoms with Crippen LogP contribution in [0, 0.1) is 17.2 Å². The van der Waals surface area contributed by atoms with Crippen LogP contribution in [0.1, 0.15) is 52.0 Å². The molecule has 1 aliphatic carbocycles. The second-order valence-corrected chi connectivity index (χ2v) is 9.79. The minimum atomic E-state index is -0.789. The number of carbonyl (C=O) groups is 2. The van der Waals surface area contributed by atoms with E-state index in [1.807, 2.05) is 20.8 Å². The van der Waals surface area contributed by atoms with Crippen LogP contribution in [0.15, 0.2) is 40.5 Å². The molecule has 29 heavy (non-hydrogen) atoms. The summed E-state index contributed by atoms with van der Waals surface area (Å²) in [6.07, 6.45) is 0.992. The molecule has 0 amide bonds. The Labute approximate surface area is 176 Å². The van der Waals surface area contributed by atoms with Gasteiger partial charge in [-0.15, -0.1) is 0 Å². The molecule has 4 nitrogen and oxygen atoms in total. The first-order valence-corrected chi connectivity index (χ1v) is 11.2. The molecule has 6 heteroatoms. The second-order valence-electron chi connectivity index (χ2n) is 8.40. The van der Waals surface area contributed by atoms with Crippen LogP contribution in [0.5, 0.6) is 0 Å². The number of rotatable bonds is 6. The second kappa shape index (κ2) is 8.82. The number of aliphatic imine (C=N–C) groups is 1. The van der Waals surface area contributed by atoms with Gasteiger partial charge in [0.2, 0.25) is 0 Å². The van der Waals surface area contributed by atoms with Crippen molar-refractivity contribution < 1.29 is 18.7 Å². The standard InChI is InChI=1S/C23H28FNO3S/c1-5-29-11-10-28-22(27)19-14(2)25-17-12-23(3,4)13-18(26)21(17)20(19)15-8-6-7-9-16(15)24/h6-9,19-20H,5,10-13H2,1-4H3/t19?,20-/m1/s1. The van der Waals surface area contributed by atoms with Gasteiger partial charge in [-0.3, -0.25) is 14.6 Å². The van der Waals surface area contributed by atoms with Gasteiger partial charge in [0.05, 0.1) is 0 Å². The maximum absolute atomic E-state index is 14.8. The Hall–Kier alpha value is -1.95. The molecule has 2 atom stereocenters. The Bertz CT molecular complexity index is 875. The molecule has 2 aliphatic rings. The summed E-state index contributed by atoms with van der Waals surface area (Å²) in [5, 5.41) is 0. The highest BCUT2D eigenvalue weighted by Crippen LogP contribution is 2.48. The number of hydrogen-bond donors (Lipinski definition) is 0. The number of benzene rings is 1. The number of allylic oxidation sites excluding steroid dienone is 2. The molecule has 0 N–H and O–H groups in total. The smallest absolute Gasteiger partial charge is 0.315 e. The molecule has 0 spiro atoms. The molecular weight excluding hydrogens is 389 g/mol. The minimum Gasteiger partial charge on any atom is -0.464 e. The van der Waals surface area contributed by atoms with Crippen LogP contribution in [0.25, 0.3) is 0 Å². The molecule has 1 aromatic carbocycles. The van der Waals surface area contributed by atoms with Gasteiger partial charge in [-0.25, -0.2) is 4.39 Å². The van der Waals surface area contributed by atoms with Crippen molar-refractivity contribution in [2.45, 2.75) is 46.5 Å². The molecule has 0 bridgehead atoms. The van der Waals surface area contributed by atoms with Gasteiger partial charge in [0.1, 0.15) is 18.3 Å². The van der Waals surface area contributed by atoms with Crippen molar-refractivity contribution in [1.82, 2.24) is 0 Å². The van der Waals surface area contributed by atoms with E-state index in [0.29, 0.717) is 41.1 Å². The number of halogens is 1. The number of Topliss-reactive ketones (excluding diaryl/α,β-unsaturated/α-hetero) is 1. The van der Waals surface area contributed by atoms with Crippen LogP contribution in [0.4, 0.5) is 4.39 Å². The van der Waals surface area contributed by atoms with Crippen molar-refractivity contribution in [3.05, 3.63) is 46.9 Å². The highest BCUT2D eigenvalue weighted by Gasteiger charge is 2.46. The first-order chi connectivity index (χ1) is 13.7. The summed E-state index contributed by atoms with van der Waals surface area (Å²) in [5.41, 5.74) is 1.89. The number of ether oxygens (including phenoxy) is 1. The zero-order chi connectivity index (χ0) is 21.2. The van der Waals surface area contributed by atoms with Gasteiger partial charge in [0.25, 0.3) is 0 Å². The SMILES string of the molecule is CCSCCOC(=O)C1C(C)=NC2=C(C(=O)CC(C)(C)C2)[C@@H]1c1ccccc1F. The number of esters is 1. The molecule has 3 rings (SSSR count). The van der Waals surface area contributed by atoms with Crippen molar-refractivity contribution in [2.75, 3.05) is 18.1 Å². The Balaban J connectivity index is 2.04. The van der Waals surface area contributed by atoms with E-state index in [4.69, 9.17) is 4.74 Å². The first-order valence-electron chi connectivity index (χ1n) is 10.1. The Morgan fingerprint density at radius 1 is 1.31 bits per heavy atom. The number of nitrogens with zero attached hydrogens (tertiary/aromatic N) is 1. The Morgan fingerprint density at radius 2 is 2.03 bits per heavy atom. The summed E-state index contributed by atoms with van der Waals surface area (Å²) >= 11 is 1.68. The zero-order valence-corrected chi connectivity index (χ0v) is 18.3. The zero-order valence-electron chi connectivity index (χ0n) is 17.5. The molecule has 1 heterocycles. The van der Waals surface area contributed by atoms with E-state index >= 15 is 0 Å². The molecular formula is C23H28FNO3S. The lowest BCUT2D eigenvalue weighted by Crippen LogP contribution is -2.40. The van der Waals surface area contributed by atoms with Crippen LogP contribution in [0.2, 0.25) is 0 Å². The highest BCUT2D eigenvalue weighted by atomic mass is 32.2. The van der Waals surface area contributed by atoms with Gasteiger partial charge in [-0.1, -0.05) is 39.0 Å². The maximum Gasteiger partial charge on any atom is 0.315 e. The fourth-order valence-electron chi connectivity index (χ4n) is 4.25. The van der Waals surface area contributed by atoms with E-state index in [-0.39, 0.29) is 17.8 Å². The van der Waals surface area contributed by atoms with E-state index < -0.39 is 23.6 Å². The fraction of sp³-hybridized carbons (Fsp3) is 0.522. The average Bonchev–Trinajstić information content (AvgIpc) is 2.63. The summed E-state index contributed by atoms with van der Waals surface area (Å²) in [6.45, 7) is 8.17. The lowest BCUT2D eigenvalue weighted by molar-refractivity contribution is -0.145. The van der Waals surface area contributed by atoms with Crippen molar-refractivity contribution in [3.8, 4) is 0 Å². The van der Waals surface area contributed by atoms with Crippen molar-refractivity contribution in [1.29, 1.82) is 0 Å². The average molecular weight is 418 g/mol. The van der Waals surface area contributed by atoms with E-state index in [1.54, 1.807) is 36.9 Å². The van der Waals surface area contributed by atoms with Crippen molar-refractivity contribution in [2.24, 2.45) is 16.3 Å². The number of hydrogen-bond acceptors (Lipinski definition) is 5. The van der Waals surface area contributed by atoms with Crippen molar-refractivity contribution >= 4 is 29.2 Å². The molecule has 1 aromatic rings. The van der Waals surface area contributed by atoms with Crippen LogP contribution in [-0.4, -0.2) is 35.6 Å². The predicted molar refractivity (Wildman–Crippen MR) is 115 cm³/mol. The van der Waals surface area contributed by atoms with Crippen LogP contribution < -0.4 is 0 Å². The van der Waals surface area contributed by atoms with Crippen LogP contribution in [0.3, 0.4) is 0 Å². The lowest BCUT2D eigenvalue weighted by Gasteiger charge is -2.39. The molecule has 1 unspecified atom stereocenters. The third-order valence-electron chi connectivity index (χ3n) is 5.47. The summed E-state index contributed by atoms with van der Waals surface area (Å²) in [7, 11) is 0. The van der Waals surface area contributed by atoms with Crippen LogP contribution >= 0.6 is 11.8 Å². The van der Waals surface area contributed by atoms with Crippen LogP contribution in [-0.2, 0) is 14.3 Å². The molecule has 0 fully saturated rings. The lowest BCUT2D eigenvalue weighted by atomic mass is 9.67. The quantitative estimate of drug-likeness (QED) is 0.486. The van der Waals surface area contributed by atoms with Gasteiger partial charge in [0.15, 0.2) is 5.78 Å². The summed E-state index contributed by atoms with van der Waals surface area (Å²) in [5.74, 6) is -0.756.